The van der Waals surface area contributed by atoms with Gasteiger partial charge in [0.1, 0.15) is 21.5 Å². The number of nitrogens with zero attached hydrogens (tertiary/aromatic N) is 3. The van der Waals surface area contributed by atoms with E-state index in [4.69, 9.17) is 9.98 Å². The quantitative estimate of drug-likeness (QED) is 0.220. The average molecular weight is 466 g/mol. The Hall–Kier alpha value is -3.24. The molecule has 1 heterocycles. The van der Waals surface area contributed by atoms with Crippen molar-refractivity contribution in [2.24, 2.45) is 4.99 Å². The van der Waals surface area contributed by atoms with Crippen LogP contribution in [-0.2, 0) is 0 Å². The minimum absolute atomic E-state index is 0.524. The van der Waals surface area contributed by atoms with E-state index in [0.717, 1.165) is 38.2 Å². The van der Waals surface area contributed by atoms with Gasteiger partial charge in [0, 0.05) is 29.8 Å². The minimum atomic E-state index is 0.524. The molecule has 5 rings (SSSR count). The van der Waals surface area contributed by atoms with Gasteiger partial charge in [0.2, 0.25) is 0 Å². The van der Waals surface area contributed by atoms with Crippen LogP contribution in [-0.4, -0.2) is 28.8 Å². The van der Waals surface area contributed by atoms with Gasteiger partial charge in [-0.2, -0.15) is 0 Å². The lowest BCUT2D eigenvalue weighted by molar-refractivity contribution is 0.279. The van der Waals surface area contributed by atoms with Crippen molar-refractivity contribution in [1.29, 1.82) is 0 Å². The zero-order chi connectivity index (χ0) is 23.3. The number of amidine groups is 1. The topological polar surface area (TPSA) is 28.5 Å². The zero-order valence-electron chi connectivity index (χ0n) is 19.9. The highest BCUT2D eigenvalue weighted by Crippen LogP contribution is 2.40. The van der Waals surface area contributed by atoms with Crippen molar-refractivity contribution < 1.29 is 0 Å². The van der Waals surface area contributed by atoms with Gasteiger partial charge >= 0.3 is 0 Å². The third-order valence-corrected chi connectivity index (χ3v) is 7.65. The second kappa shape index (κ2) is 10.4. The number of hydrogen-bond acceptors (Lipinski definition) is 3. The van der Waals surface area contributed by atoms with E-state index in [-0.39, 0.29) is 0 Å². The molecule has 1 aliphatic carbocycles. The minimum Gasteiger partial charge on any atom is -0.356 e. The van der Waals surface area contributed by atoms with Gasteiger partial charge in [-0.3, -0.25) is 0 Å². The molecular formula is C30H31N3S. The molecule has 0 unspecified atom stereocenters. The number of rotatable bonds is 5. The highest BCUT2D eigenvalue weighted by atomic mass is 32.1. The van der Waals surface area contributed by atoms with Crippen LogP contribution in [0.15, 0.2) is 89.9 Å². The van der Waals surface area contributed by atoms with Gasteiger partial charge in [-0.25, -0.2) is 9.98 Å². The van der Waals surface area contributed by atoms with Crippen LogP contribution in [0.2, 0.25) is 0 Å². The molecule has 0 bridgehead atoms. The van der Waals surface area contributed by atoms with Crippen LogP contribution in [0.5, 0.6) is 0 Å². The first-order chi connectivity index (χ1) is 16.7. The summed E-state index contributed by atoms with van der Waals surface area (Å²) in [4.78, 5) is 12.8. The lowest BCUT2D eigenvalue weighted by Crippen LogP contribution is -2.38. The SMILES string of the molecule is Cc1ccc(/C(=N\c2sc(-c3ccccc3)nc2-c2ccccc2)N(C)C2CCCCC2)cc1. The number of aryl methyl sites for hydroxylation is 1. The molecule has 172 valence electrons. The van der Waals surface area contributed by atoms with E-state index in [1.165, 1.54) is 37.7 Å². The summed E-state index contributed by atoms with van der Waals surface area (Å²) in [7, 11) is 2.22. The highest BCUT2D eigenvalue weighted by molar-refractivity contribution is 7.19. The number of benzene rings is 3. The molecule has 0 N–H and O–H groups in total. The fourth-order valence-corrected chi connectivity index (χ4v) is 5.63. The van der Waals surface area contributed by atoms with Crippen molar-refractivity contribution in [3.63, 3.8) is 0 Å². The Bertz CT molecular complexity index is 1240. The molecule has 1 aliphatic rings. The van der Waals surface area contributed by atoms with Crippen LogP contribution in [0, 0.1) is 6.92 Å². The van der Waals surface area contributed by atoms with Crippen LogP contribution in [0.25, 0.3) is 21.8 Å². The van der Waals surface area contributed by atoms with Crippen LogP contribution in [0.4, 0.5) is 5.00 Å². The lowest BCUT2D eigenvalue weighted by atomic mass is 9.94. The molecule has 4 aromatic rings. The molecule has 4 heteroatoms. The molecular weight excluding hydrogens is 434 g/mol. The lowest BCUT2D eigenvalue weighted by Gasteiger charge is -2.33. The number of aromatic nitrogens is 1. The van der Waals surface area contributed by atoms with E-state index in [1.807, 2.05) is 12.1 Å². The molecule has 3 aromatic carbocycles. The van der Waals surface area contributed by atoms with Crippen molar-refractivity contribution in [2.45, 2.75) is 45.1 Å². The van der Waals surface area contributed by atoms with Crippen LogP contribution < -0.4 is 0 Å². The van der Waals surface area contributed by atoms with Gasteiger partial charge in [0.15, 0.2) is 0 Å². The van der Waals surface area contributed by atoms with Gasteiger partial charge in [-0.15, -0.1) is 0 Å². The normalized spacial score (nSPS) is 14.8. The van der Waals surface area contributed by atoms with Gasteiger partial charge in [-0.1, -0.05) is 121 Å². The van der Waals surface area contributed by atoms with Crippen molar-refractivity contribution in [1.82, 2.24) is 9.88 Å². The predicted octanol–water partition coefficient (Wildman–Crippen LogP) is 8.13. The van der Waals surface area contributed by atoms with E-state index in [2.05, 4.69) is 91.7 Å². The largest absolute Gasteiger partial charge is 0.356 e. The molecule has 34 heavy (non-hydrogen) atoms. The number of hydrogen-bond donors (Lipinski definition) is 0. The Morgan fingerprint density at radius 1 is 0.824 bits per heavy atom. The van der Waals surface area contributed by atoms with E-state index >= 15 is 0 Å². The molecule has 0 radical (unpaired) electrons. The molecule has 0 saturated heterocycles. The smallest absolute Gasteiger partial charge is 0.146 e. The Morgan fingerprint density at radius 2 is 1.44 bits per heavy atom. The second-order valence-corrected chi connectivity index (χ2v) is 10.1. The van der Waals surface area contributed by atoms with Crippen molar-refractivity contribution in [2.75, 3.05) is 7.05 Å². The Kier molecular flexibility index (Phi) is 6.87. The van der Waals surface area contributed by atoms with Crippen LogP contribution >= 0.6 is 11.3 Å². The molecule has 1 fully saturated rings. The third kappa shape index (κ3) is 4.97. The van der Waals surface area contributed by atoms with Gasteiger partial charge in [0.05, 0.1) is 0 Å². The first kappa shape index (κ1) is 22.5. The fourth-order valence-electron chi connectivity index (χ4n) is 4.66. The first-order valence-electron chi connectivity index (χ1n) is 12.2. The van der Waals surface area contributed by atoms with E-state index in [9.17, 15) is 0 Å². The first-order valence-corrected chi connectivity index (χ1v) is 13.0. The molecule has 1 saturated carbocycles. The summed E-state index contributed by atoms with van der Waals surface area (Å²) in [6.45, 7) is 2.13. The summed E-state index contributed by atoms with van der Waals surface area (Å²) in [6.07, 6.45) is 6.39. The van der Waals surface area contributed by atoms with E-state index in [0.29, 0.717) is 6.04 Å². The average Bonchev–Trinajstić information content (AvgIpc) is 3.33. The number of thiazole rings is 1. The summed E-state index contributed by atoms with van der Waals surface area (Å²) >= 11 is 1.67. The Morgan fingerprint density at radius 3 is 2.09 bits per heavy atom. The summed E-state index contributed by atoms with van der Waals surface area (Å²) in [6, 6.07) is 30.1. The summed E-state index contributed by atoms with van der Waals surface area (Å²) in [5.41, 5.74) is 5.60. The van der Waals surface area contributed by atoms with Crippen molar-refractivity contribution >= 4 is 22.2 Å². The summed E-state index contributed by atoms with van der Waals surface area (Å²) in [5.74, 6) is 1.03. The van der Waals surface area contributed by atoms with E-state index in [1.54, 1.807) is 11.3 Å². The third-order valence-electron chi connectivity index (χ3n) is 6.65. The van der Waals surface area contributed by atoms with Gasteiger partial charge < -0.3 is 4.90 Å². The predicted molar refractivity (Wildman–Crippen MR) is 145 cm³/mol. The second-order valence-electron chi connectivity index (χ2n) is 9.11. The summed E-state index contributed by atoms with van der Waals surface area (Å²) < 4.78 is 0. The summed E-state index contributed by atoms with van der Waals surface area (Å²) in [5, 5.41) is 1.96. The Labute approximate surface area is 206 Å². The van der Waals surface area contributed by atoms with Crippen molar-refractivity contribution in [3.05, 3.63) is 96.1 Å². The zero-order valence-corrected chi connectivity index (χ0v) is 20.8. The molecule has 0 spiro atoms. The Balaban J connectivity index is 1.64. The monoisotopic (exact) mass is 465 g/mol. The van der Waals surface area contributed by atoms with Gasteiger partial charge in [0.25, 0.3) is 0 Å². The maximum atomic E-state index is 5.35. The van der Waals surface area contributed by atoms with Crippen LogP contribution in [0.3, 0.4) is 0 Å². The molecule has 1 aromatic heterocycles. The molecule has 0 atom stereocenters. The molecule has 3 nitrogen and oxygen atoms in total. The standard InChI is InChI=1S/C30H31N3S/c1-22-18-20-24(21-19-22)28(33(2)26-16-10-5-11-17-26)32-30-27(23-12-6-3-7-13-23)31-29(34-30)25-14-8-4-9-15-25/h3-4,6-9,12-15,18-21,26H,5,10-11,16-17H2,1-2H3/b32-28+. The maximum absolute atomic E-state index is 5.35. The van der Waals surface area contributed by atoms with Crippen molar-refractivity contribution in [3.8, 4) is 21.8 Å². The highest BCUT2D eigenvalue weighted by Gasteiger charge is 2.23. The van der Waals surface area contributed by atoms with Gasteiger partial charge in [-0.05, 0) is 19.8 Å². The molecule has 0 amide bonds. The van der Waals surface area contributed by atoms with E-state index < -0.39 is 0 Å². The number of aliphatic imine (C=N–C) groups is 1. The maximum Gasteiger partial charge on any atom is 0.146 e. The van der Waals surface area contributed by atoms with Crippen LogP contribution in [0.1, 0.15) is 43.2 Å². The fraction of sp³-hybridized carbons (Fsp3) is 0.267. The molecule has 0 aliphatic heterocycles.